The molecule has 1 aromatic heterocycles. The first-order valence-corrected chi connectivity index (χ1v) is 12.3. The van der Waals surface area contributed by atoms with E-state index in [2.05, 4.69) is 34.0 Å². The van der Waals surface area contributed by atoms with E-state index in [0.717, 1.165) is 31.0 Å². The molecule has 0 aliphatic carbocycles. The molecule has 4 rings (SSSR count). The number of thiazole rings is 1. The fourth-order valence-electron chi connectivity index (χ4n) is 3.62. The highest BCUT2D eigenvalue weighted by Crippen LogP contribution is 2.34. The SMILES string of the molecule is CN1CCN(c2ncc(C(=O)c3cccc(S(C)(=O)=O)c3)s2)C(c2ccccc2)C1. The Hall–Kier alpha value is -2.55. The van der Waals surface area contributed by atoms with Crippen molar-refractivity contribution in [3.8, 4) is 0 Å². The molecule has 30 heavy (non-hydrogen) atoms. The quantitative estimate of drug-likeness (QED) is 0.566. The summed E-state index contributed by atoms with van der Waals surface area (Å²) in [6, 6.07) is 16.6. The molecule has 6 nitrogen and oxygen atoms in total. The number of rotatable bonds is 5. The van der Waals surface area contributed by atoms with Crippen molar-refractivity contribution in [1.82, 2.24) is 9.88 Å². The van der Waals surface area contributed by atoms with Crippen LogP contribution in [-0.2, 0) is 9.84 Å². The Kier molecular flexibility index (Phi) is 5.73. The number of benzene rings is 2. The number of hydrogen-bond acceptors (Lipinski definition) is 7. The fourth-order valence-corrected chi connectivity index (χ4v) is 5.24. The maximum absolute atomic E-state index is 13.0. The first kappa shape index (κ1) is 20.7. The Morgan fingerprint density at radius 1 is 1.10 bits per heavy atom. The molecule has 3 aromatic rings. The van der Waals surface area contributed by atoms with Crippen molar-refractivity contribution in [3.63, 3.8) is 0 Å². The molecule has 0 amide bonds. The number of anilines is 1. The zero-order valence-corrected chi connectivity index (χ0v) is 18.5. The number of sulfone groups is 1. The van der Waals surface area contributed by atoms with Crippen molar-refractivity contribution in [1.29, 1.82) is 0 Å². The molecule has 0 saturated carbocycles. The van der Waals surface area contributed by atoms with Gasteiger partial charge in [0.2, 0.25) is 5.78 Å². The molecule has 1 atom stereocenters. The lowest BCUT2D eigenvalue weighted by atomic mass is 10.0. The number of hydrogen-bond donors (Lipinski definition) is 0. The maximum atomic E-state index is 13.0. The van der Waals surface area contributed by atoms with Gasteiger partial charge in [0.05, 0.1) is 22.0 Å². The van der Waals surface area contributed by atoms with Gasteiger partial charge in [-0.05, 0) is 24.7 Å². The molecule has 0 bridgehead atoms. The maximum Gasteiger partial charge on any atom is 0.204 e. The molecule has 2 heterocycles. The van der Waals surface area contributed by atoms with Crippen LogP contribution in [0.5, 0.6) is 0 Å². The highest BCUT2D eigenvalue weighted by atomic mass is 32.2. The molecule has 1 unspecified atom stereocenters. The number of aromatic nitrogens is 1. The third-order valence-electron chi connectivity index (χ3n) is 5.26. The standard InChI is InChI=1S/C22H23N3O3S2/c1-24-11-12-25(19(15-24)16-7-4-3-5-8-16)22-23-14-20(29-22)21(26)17-9-6-10-18(13-17)30(2,27)28/h3-10,13-14,19H,11-12,15H2,1-2H3. The van der Waals surface area contributed by atoms with Gasteiger partial charge in [0, 0.05) is 31.5 Å². The summed E-state index contributed by atoms with van der Waals surface area (Å²) in [5.41, 5.74) is 1.57. The first-order valence-electron chi connectivity index (χ1n) is 9.64. The van der Waals surface area contributed by atoms with E-state index in [-0.39, 0.29) is 16.7 Å². The van der Waals surface area contributed by atoms with Crippen LogP contribution >= 0.6 is 11.3 Å². The van der Waals surface area contributed by atoms with Crippen molar-refractivity contribution >= 4 is 32.1 Å². The van der Waals surface area contributed by atoms with Gasteiger partial charge in [0.1, 0.15) is 0 Å². The summed E-state index contributed by atoms with van der Waals surface area (Å²) < 4.78 is 23.6. The van der Waals surface area contributed by atoms with Crippen molar-refractivity contribution in [2.75, 3.05) is 37.8 Å². The van der Waals surface area contributed by atoms with Gasteiger partial charge in [0.15, 0.2) is 15.0 Å². The molecular formula is C22H23N3O3S2. The second-order valence-corrected chi connectivity index (χ2v) is 10.5. The zero-order chi connectivity index (χ0) is 21.3. The lowest BCUT2D eigenvalue weighted by Gasteiger charge is -2.40. The summed E-state index contributed by atoms with van der Waals surface area (Å²) in [6.07, 6.45) is 2.73. The average molecular weight is 442 g/mol. The Morgan fingerprint density at radius 2 is 1.87 bits per heavy atom. The Balaban J connectivity index is 1.62. The minimum absolute atomic E-state index is 0.140. The van der Waals surface area contributed by atoms with Crippen molar-refractivity contribution in [2.24, 2.45) is 0 Å². The number of carbonyl (C=O) groups is 1. The lowest BCUT2D eigenvalue weighted by molar-refractivity contribution is 0.104. The van der Waals surface area contributed by atoms with Crippen LogP contribution in [0.15, 0.2) is 65.7 Å². The zero-order valence-electron chi connectivity index (χ0n) is 16.9. The van der Waals surface area contributed by atoms with E-state index in [1.807, 2.05) is 18.2 Å². The van der Waals surface area contributed by atoms with Gasteiger partial charge >= 0.3 is 0 Å². The van der Waals surface area contributed by atoms with Crippen LogP contribution in [-0.4, -0.2) is 57.0 Å². The van der Waals surface area contributed by atoms with E-state index in [0.29, 0.717) is 10.4 Å². The van der Waals surface area contributed by atoms with Crippen molar-refractivity contribution in [3.05, 3.63) is 76.8 Å². The smallest absolute Gasteiger partial charge is 0.204 e. The van der Waals surface area contributed by atoms with Gasteiger partial charge in [-0.2, -0.15) is 0 Å². The molecule has 2 aromatic carbocycles. The summed E-state index contributed by atoms with van der Waals surface area (Å²) in [5.74, 6) is -0.213. The molecule has 156 valence electrons. The second-order valence-electron chi connectivity index (χ2n) is 7.52. The number of piperazine rings is 1. The van der Waals surface area contributed by atoms with Crippen molar-refractivity contribution < 1.29 is 13.2 Å². The van der Waals surface area contributed by atoms with Gasteiger partial charge in [-0.25, -0.2) is 13.4 Å². The minimum Gasteiger partial charge on any atom is -0.338 e. The number of nitrogens with zero attached hydrogens (tertiary/aromatic N) is 3. The molecule has 0 N–H and O–H groups in total. The predicted octanol–water partition coefficient (Wildman–Crippen LogP) is 3.27. The second kappa shape index (κ2) is 8.29. The molecule has 1 saturated heterocycles. The van der Waals surface area contributed by atoms with Gasteiger partial charge in [-0.3, -0.25) is 4.79 Å². The highest BCUT2D eigenvalue weighted by molar-refractivity contribution is 7.90. The third-order valence-corrected chi connectivity index (χ3v) is 7.40. The van der Waals surface area contributed by atoms with E-state index >= 15 is 0 Å². The molecule has 1 aliphatic heterocycles. The predicted molar refractivity (Wildman–Crippen MR) is 119 cm³/mol. The topological polar surface area (TPSA) is 70.6 Å². The normalized spacial score (nSPS) is 17.8. The van der Waals surface area contributed by atoms with E-state index in [1.165, 1.54) is 29.0 Å². The monoisotopic (exact) mass is 441 g/mol. The average Bonchev–Trinajstić information content (AvgIpc) is 3.23. The van der Waals surface area contributed by atoms with Gasteiger partial charge in [-0.15, -0.1) is 0 Å². The van der Waals surface area contributed by atoms with Crippen LogP contribution in [0.3, 0.4) is 0 Å². The molecule has 8 heteroatoms. The summed E-state index contributed by atoms with van der Waals surface area (Å²) >= 11 is 1.35. The number of carbonyl (C=O) groups excluding carboxylic acids is 1. The minimum atomic E-state index is -3.37. The summed E-state index contributed by atoms with van der Waals surface area (Å²) in [4.78, 5) is 22.7. The Labute approximate surface area is 180 Å². The summed E-state index contributed by atoms with van der Waals surface area (Å²) in [7, 11) is -1.26. The number of ketones is 1. The molecule has 1 aliphatic rings. The van der Waals surface area contributed by atoms with E-state index in [4.69, 9.17) is 0 Å². The van der Waals surface area contributed by atoms with Gasteiger partial charge in [-0.1, -0.05) is 53.8 Å². The first-order chi connectivity index (χ1) is 14.3. The highest BCUT2D eigenvalue weighted by Gasteiger charge is 2.29. The third kappa shape index (κ3) is 4.30. The van der Waals surface area contributed by atoms with Crippen LogP contribution in [0, 0.1) is 0 Å². The summed E-state index contributed by atoms with van der Waals surface area (Å²) in [5, 5.41) is 0.805. The molecular weight excluding hydrogens is 418 g/mol. The molecule has 0 spiro atoms. The van der Waals surface area contributed by atoms with Crippen LogP contribution in [0.2, 0.25) is 0 Å². The fraction of sp³-hybridized carbons (Fsp3) is 0.273. The summed E-state index contributed by atoms with van der Waals surface area (Å²) in [6.45, 7) is 2.62. The Morgan fingerprint density at radius 3 is 2.60 bits per heavy atom. The van der Waals surface area contributed by atoms with E-state index in [1.54, 1.807) is 18.3 Å². The lowest BCUT2D eigenvalue weighted by Crippen LogP contribution is -2.46. The Bertz CT molecular complexity index is 1160. The van der Waals surface area contributed by atoms with Crippen LogP contribution in [0.4, 0.5) is 5.13 Å². The van der Waals surface area contributed by atoms with Crippen LogP contribution in [0.25, 0.3) is 0 Å². The van der Waals surface area contributed by atoms with E-state index < -0.39 is 9.84 Å². The van der Waals surface area contributed by atoms with Crippen molar-refractivity contribution in [2.45, 2.75) is 10.9 Å². The van der Waals surface area contributed by atoms with Crippen LogP contribution < -0.4 is 4.90 Å². The van der Waals surface area contributed by atoms with Gasteiger partial charge < -0.3 is 9.80 Å². The van der Waals surface area contributed by atoms with Gasteiger partial charge in [0.25, 0.3) is 0 Å². The largest absolute Gasteiger partial charge is 0.338 e. The van der Waals surface area contributed by atoms with E-state index in [9.17, 15) is 13.2 Å². The number of likely N-dealkylation sites (N-methyl/N-ethyl adjacent to an activating group) is 1. The van der Waals surface area contributed by atoms with Crippen LogP contribution in [0.1, 0.15) is 26.8 Å². The molecule has 1 fully saturated rings. The molecule has 0 radical (unpaired) electrons.